The third-order valence-electron chi connectivity index (χ3n) is 7.41. The number of anilines is 2. The predicted octanol–water partition coefficient (Wildman–Crippen LogP) is 6.79. The number of sulfonamides is 1. The third kappa shape index (κ3) is 4.85. The molecule has 6 rings (SSSR count). The molecule has 0 spiro atoms. The molecule has 1 amide bonds. The van der Waals surface area contributed by atoms with Gasteiger partial charge in [-0.2, -0.15) is 0 Å². The van der Waals surface area contributed by atoms with Crippen LogP contribution in [0, 0.1) is 0 Å². The minimum Gasteiger partial charge on any atom is -0.324 e. The number of nitrogens with one attached hydrogen (secondary N) is 3. The molecule has 3 N–H and O–H groups in total. The van der Waals surface area contributed by atoms with E-state index < -0.39 is 10.0 Å². The number of hydrogen-bond acceptors (Lipinski definition) is 4. The van der Waals surface area contributed by atoms with Crippen molar-refractivity contribution in [2.45, 2.75) is 23.8 Å². The number of amides is 1. The molecule has 0 aliphatic carbocycles. The molecule has 1 aliphatic rings. The largest absolute Gasteiger partial charge is 0.324 e. The number of carbonyl (C=O) groups excluding carboxylic acids is 1. The van der Waals surface area contributed by atoms with Gasteiger partial charge in [-0.15, -0.1) is 0 Å². The maximum absolute atomic E-state index is 13.6. The fourth-order valence-electron chi connectivity index (χ4n) is 5.39. The van der Waals surface area contributed by atoms with Gasteiger partial charge in [0, 0.05) is 16.8 Å². The lowest BCUT2D eigenvalue weighted by molar-refractivity contribution is -0.117. The van der Waals surface area contributed by atoms with Crippen molar-refractivity contribution in [1.29, 1.82) is 0 Å². The molecular weight excluding hydrogens is 518 g/mol. The summed E-state index contributed by atoms with van der Waals surface area (Å²) in [6.07, 6.45) is 3.40. The number of hydrogen-bond donors (Lipinski definition) is 3. The summed E-state index contributed by atoms with van der Waals surface area (Å²) >= 11 is 0. The summed E-state index contributed by atoms with van der Waals surface area (Å²) in [6.45, 7) is 4.56. The van der Waals surface area contributed by atoms with Crippen molar-refractivity contribution in [3.63, 3.8) is 0 Å². The Balaban J connectivity index is 1.56. The smallest absolute Gasteiger partial charge is 0.261 e. The van der Waals surface area contributed by atoms with Gasteiger partial charge in [0.1, 0.15) is 0 Å². The molecule has 0 saturated carbocycles. The second-order valence-electron chi connectivity index (χ2n) is 9.94. The summed E-state index contributed by atoms with van der Waals surface area (Å²) in [5.74, 6) is -0.0984. The molecule has 5 aromatic carbocycles. The zero-order valence-corrected chi connectivity index (χ0v) is 22.7. The van der Waals surface area contributed by atoms with Crippen molar-refractivity contribution in [1.82, 2.24) is 5.32 Å². The highest BCUT2D eigenvalue weighted by atomic mass is 32.2. The van der Waals surface area contributed by atoms with E-state index in [-0.39, 0.29) is 16.8 Å². The van der Waals surface area contributed by atoms with E-state index in [9.17, 15) is 13.2 Å². The van der Waals surface area contributed by atoms with Crippen molar-refractivity contribution in [2.75, 3.05) is 16.6 Å². The summed E-state index contributed by atoms with van der Waals surface area (Å²) in [7, 11) is -3.92. The van der Waals surface area contributed by atoms with Crippen LogP contribution in [0.1, 0.15) is 18.4 Å². The molecular formula is C33H29N3O3S. The summed E-state index contributed by atoms with van der Waals surface area (Å²) in [5.41, 5.74) is 3.36. The Bertz CT molecular complexity index is 1860. The first-order chi connectivity index (χ1) is 19.4. The Labute approximate surface area is 233 Å². The van der Waals surface area contributed by atoms with E-state index in [0.717, 1.165) is 52.1 Å². The second-order valence-corrected chi connectivity index (χ2v) is 11.6. The van der Waals surface area contributed by atoms with Crippen LogP contribution in [-0.2, 0) is 14.8 Å². The molecule has 7 heteroatoms. The van der Waals surface area contributed by atoms with Crippen molar-refractivity contribution >= 4 is 54.9 Å². The molecule has 1 aliphatic heterocycles. The van der Waals surface area contributed by atoms with Crippen LogP contribution < -0.4 is 15.4 Å². The van der Waals surface area contributed by atoms with Crippen LogP contribution in [0.5, 0.6) is 0 Å². The van der Waals surface area contributed by atoms with Crippen LogP contribution in [-0.4, -0.2) is 26.9 Å². The van der Waals surface area contributed by atoms with Gasteiger partial charge in [0.25, 0.3) is 10.0 Å². The molecule has 40 heavy (non-hydrogen) atoms. The van der Waals surface area contributed by atoms with Gasteiger partial charge in [0.05, 0.1) is 16.6 Å². The standard InChI is InChI=1S/C33H29N3O3S/c1-2-22-13-17-25(18-14-22)40(38,39)36-29-20-16-24-9-4-6-11-27(24)32(29)31-26-10-5-3-8-23(26)15-19-28(31)35-33(37)30-12-7-21-34-30/h2-6,8-11,13-20,30,34,36H,1,7,12,21H2,(H,35,37). The molecule has 6 nitrogen and oxygen atoms in total. The third-order valence-corrected chi connectivity index (χ3v) is 8.79. The van der Waals surface area contributed by atoms with Gasteiger partial charge in [0.15, 0.2) is 0 Å². The monoisotopic (exact) mass is 547 g/mol. The van der Waals surface area contributed by atoms with Gasteiger partial charge in [-0.25, -0.2) is 8.42 Å². The van der Waals surface area contributed by atoms with E-state index in [4.69, 9.17) is 0 Å². The van der Waals surface area contributed by atoms with Crippen molar-refractivity contribution in [3.8, 4) is 11.1 Å². The van der Waals surface area contributed by atoms with E-state index in [1.54, 1.807) is 36.4 Å². The van der Waals surface area contributed by atoms with Crippen LogP contribution in [0.25, 0.3) is 38.7 Å². The first-order valence-electron chi connectivity index (χ1n) is 13.3. The molecule has 1 atom stereocenters. The van der Waals surface area contributed by atoms with E-state index in [1.807, 2.05) is 66.7 Å². The molecule has 1 unspecified atom stereocenters. The predicted molar refractivity (Wildman–Crippen MR) is 164 cm³/mol. The SMILES string of the molecule is C=Cc1ccc(S(=O)(=O)Nc2ccc3ccccc3c2-c2c(NC(=O)C3CCCN3)ccc3ccccc23)cc1. The molecule has 1 saturated heterocycles. The van der Waals surface area contributed by atoms with Gasteiger partial charge < -0.3 is 10.6 Å². The first-order valence-corrected chi connectivity index (χ1v) is 14.8. The minimum atomic E-state index is -3.92. The number of rotatable bonds is 7. The lowest BCUT2D eigenvalue weighted by atomic mass is 9.91. The van der Waals surface area contributed by atoms with Gasteiger partial charge in [-0.05, 0) is 70.8 Å². The molecule has 200 valence electrons. The topological polar surface area (TPSA) is 87.3 Å². The molecule has 0 bridgehead atoms. The Kier molecular flexibility index (Phi) is 6.84. The average Bonchev–Trinajstić information content (AvgIpc) is 3.53. The molecule has 5 aromatic rings. The molecule has 0 aromatic heterocycles. The maximum Gasteiger partial charge on any atom is 0.261 e. The van der Waals surface area contributed by atoms with Crippen LogP contribution >= 0.6 is 0 Å². The van der Waals surface area contributed by atoms with E-state index in [0.29, 0.717) is 16.9 Å². The number of fused-ring (bicyclic) bond motifs is 2. The Morgan fingerprint density at radius 3 is 2.00 bits per heavy atom. The highest BCUT2D eigenvalue weighted by molar-refractivity contribution is 7.92. The van der Waals surface area contributed by atoms with Gasteiger partial charge >= 0.3 is 0 Å². The lowest BCUT2D eigenvalue weighted by Crippen LogP contribution is -2.35. The zero-order chi connectivity index (χ0) is 27.7. The number of benzene rings is 5. The summed E-state index contributed by atoms with van der Waals surface area (Å²) in [6, 6.07) is 29.7. The Morgan fingerprint density at radius 2 is 1.40 bits per heavy atom. The highest BCUT2D eigenvalue weighted by Gasteiger charge is 2.25. The summed E-state index contributed by atoms with van der Waals surface area (Å²) in [4.78, 5) is 13.4. The molecule has 1 heterocycles. The number of carbonyl (C=O) groups is 1. The summed E-state index contributed by atoms with van der Waals surface area (Å²) in [5, 5.41) is 10.1. The van der Waals surface area contributed by atoms with E-state index in [1.165, 1.54) is 0 Å². The normalized spacial score (nSPS) is 15.2. The van der Waals surface area contributed by atoms with Crippen LogP contribution in [0.4, 0.5) is 11.4 Å². The van der Waals surface area contributed by atoms with Gasteiger partial charge in [-0.1, -0.05) is 85.5 Å². The molecule has 0 radical (unpaired) electrons. The van der Waals surface area contributed by atoms with E-state index >= 15 is 0 Å². The van der Waals surface area contributed by atoms with Crippen LogP contribution in [0.3, 0.4) is 0 Å². The Hall–Kier alpha value is -4.46. The summed E-state index contributed by atoms with van der Waals surface area (Å²) < 4.78 is 30.1. The van der Waals surface area contributed by atoms with Crippen LogP contribution in [0.2, 0.25) is 0 Å². The average molecular weight is 548 g/mol. The quantitative estimate of drug-likeness (QED) is 0.209. The fraction of sp³-hybridized carbons (Fsp3) is 0.121. The molecule has 1 fully saturated rings. The van der Waals surface area contributed by atoms with Gasteiger partial charge in [-0.3, -0.25) is 9.52 Å². The second kappa shape index (κ2) is 10.6. The van der Waals surface area contributed by atoms with E-state index in [2.05, 4.69) is 21.9 Å². The zero-order valence-electron chi connectivity index (χ0n) is 21.9. The first kappa shape index (κ1) is 25.8. The highest BCUT2D eigenvalue weighted by Crippen LogP contribution is 2.44. The van der Waals surface area contributed by atoms with Crippen LogP contribution in [0.15, 0.2) is 109 Å². The van der Waals surface area contributed by atoms with Gasteiger partial charge in [0.2, 0.25) is 5.91 Å². The maximum atomic E-state index is 13.6. The van der Waals surface area contributed by atoms with Crippen molar-refractivity contribution in [3.05, 3.63) is 109 Å². The fourth-order valence-corrected chi connectivity index (χ4v) is 6.46. The van der Waals surface area contributed by atoms with Crippen molar-refractivity contribution in [2.24, 2.45) is 0 Å². The Morgan fingerprint density at radius 1 is 0.800 bits per heavy atom. The lowest BCUT2D eigenvalue weighted by Gasteiger charge is -2.21. The van der Waals surface area contributed by atoms with Crippen molar-refractivity contribution < 1.29 is 13.2 Å². The minimum absolute atomic E-state index is 0.0984.